The molecule has 11 rings (SSSR count). The molecule has 10 nitrogen and oxygen atoms in total. The number of benzene rings is 2. The van der Waals surface area contributed by atoms with Gasteiger partial charge >= 0.3 is 0 Å². The number of carbonyl (C=O) groups is 2. The number of likely N-dealkylation sites (N-methyl/N-ethyl adjacent to an activating group) is 1. The van der Waals surface area contributed by atoms with Crippen molar-refractivity contribution in [3.63, 3.8) is 0 Å². The monoisotopic (exact) mass is 692 g/mol. The number of Topliss-reactive ketones (excluding diaryl/α,β-unsaturated/α-hetero) is 2. The first-order valence-electron chi connectivity index (χ1n) is 17.9. The van der Waals surface area contributed by atoms with Gasteiger partial charge in [-0.3, -0.25) is 14.5 Å². The quantitative estimate of drug-likeness (QED) is 0.442. The number of phenols is 1. The molecule has 8 atom stereocenters. The molecule has 4 bridgehead atoms. The summed E-state index contributed by atoms with van der Waals surface area (Å²) in [5.74, 6) is 2.86. The van der Waals surface area contributed by atoms with Crippen LogP contribution in [0.5, 0.6) is 23.0 Å². The number of aromatic hydroxyl groups is 1. The van der Waals surface area contributed by atoms with Gasteiger partial charge in [0.2, 0.25) is 0 Å². The summed E-state index contributed by atoms with van der Waals surface area (Å²) in [5, 5.41) is 34.0. The minimum Gasteiger partial charge on any atom is -0.504 e. The van der Waals surface area contributed by atoms with E-state index in [0.717, 1.165) is 67.9 Å². The Morgan fingerprint density at radius 3 is 2.04 bits per heavy atom. The average molecular weight is 693 g/mol. The van der Waals surface area contributed by atoms with Gasteiger partial charge in [0.25, 0.3) is 0 Å². The summed E-state index contributed by atoms with van der Waals surface area (Å²) in [7, 11) is 3.70. The summed E-state index contributed by atoms with van der Waals surface area (Å²) >= 11 is 0. The van der Waals surface area contributed by atoms with E-state index in [1.54, 1.807) is 13.2 Å². The van der Waals surface area contributed by atoms with Gasteiger partial charge in [0.05, 0.1) is 29.1 Å². The molecule has 0 radical (unpaired) electrons. The van der Waals surface area contributed by atoms with Crippen LogP contribution in [-0.4, -0.2) is 106 Å². The number of aliphatic hydroxyl groups is 2. The smallest absolute Gasteiger partial charge is 0.174 e. The number of phenolic OH excluding ortho intramolecular Hbond substituents is 1. The summed E-state index contributed by atoms with van der Waals surface area (Å²) < 4.78 is 17.7. The number of likely N-dealkylation sites (tertiary alicyclic amines) is 2. The maximum Gasteiger partial charge on any atom is 0.174 e. The predicted molar refractivity (Wildman–Crippen MR) is 180 cm³/mol. The Hall–Kier alpha value is -2.89. The zero-order valence-electron chi connectivity index (χ0n) is 28.1. The van der Waals surface area contributed by atoms with Gasteiger partial charge in [-0.05, 0) is 101 Å². The van der Waals surface area contributed by atoms with Crippen molar-refractivity contribution >= 4 is 24.0 Å². The number of rotatable bonds is 3. The van der Waals surface area contributed by atoms with Gasteiger partial charge in [0.1, 0.15) is 0 Å². The van der Waals surface area contributed by atoms with E-state index in [1.165, 1.54) is 18.4 Å². The SMILES string of the molecule is COc1ccc2c3c1O[C@H]1C(=O)CC[C@@]4(O)[C@@H](C2)N(C)CC[C@]314.Cl.O=C1CC[C@@]2(O)[C@H]3Cc4ccc(O)c5c4[C@@]2(CCN3CC2CC2)[C@H]1O5. The molecule has 49 heavy (non-hydrogen) atoms. The Morgan fingerprint density at radius 1 is 0.816 bits per heavy atom. The van der Waals surface area contributed by atoms with E-state index in [9.17, 15) is 24.9 Å². The lowest BCUT2D eigenvalue weighted by molar-refractivity contribution is -0.188. The largest absolute Gasteiger partial charge is 0.504 e. The highest BCUT2D eigenvalue weighted by molar-refractivity contribution is 5.91. The number of methoxy groups -OCH3 is 1. The molecule has 11 heteroatoms. The fraction of sp³-hybridized carbons (Fsp3) is 0.632. The molecule has 2 spiro atoms. The highest BCUT2D eigenvalue weighted by Gasteiger charge is 2.74. The lowest BCUT2D eigenvalue weighted by Gasteiger charge is -2.62. The highest BCUT2D eigenvalue weighted by atomic mass is 35.5. The molecule has 3 N–H and O–H groups in total. The van der Waals surface area contributed by atoms with Gasteiger partial charge in [0.15, 0.2) is 46.8 Å². The van der Waals surface area contributed by atoms with Crippen molar-refractivity contribution < 1.29 is 39.1 Å². The van der Waals surface area contributed by atoms with Crippen LogP contribution in [0.25, 0.3) is 0 Å². The van der Waals surface area contributed by atoms with Crippen LogP contribution in [-0.2, 0) is 33.3 Å². The van der Waals surface area contributed by atoms with Crippen molar-refractivity contribution in [3.8, 4) is 23.0 Å². The van der Waals surface area contributed by atoms with Crippen molar-refractivity contribution in [3.05, 3.63) is 46.5 Å². The molecule has 4 heterocycles. The van der Waals surface area contributed by atoms with Crippen molar-refractivity contribution in [2.75, 3.05) is 33.8 Å². The Labute approximate surface area is 292 Å². The molecule has 5 fully saturated rings. The predicted octanol–water partition coefficient (Wildman–Crippen LogP) is 3.00. The summed E-state index contributed by atoms with van der Waals surface area (Å²) in [6.07, 6.45) is 6.22. The number of hydrogen-bond acceptors (Lipinski definition) is 10. The zero-order chi connectivity index (χ0) is 33.0. The Kier molecular flexibility index (Phi) is 6.77. The van der Waals surface area contributed by atoms with Crippen LogP contribution in [0.4, 0.5) is 0 Å². The van der Waals surface area contributed by atoms with Crippen molar-refractivity contribution in [2.45, 2.75) is 111 Å². The van der Waals surface area contributed by atoms with E-state index in [4.69, 9.17) is 14.2 Å². The molecule has 2 aromatic rings. The first-order chi connectivity index (χ1) is 23.1. The minimum absolute atomic E-state index is 0. The summed E-state index contributed by atoms with van der Waals surface area (Å²) in [6, 6.07) is 7.74. The van der Waals surface area contributed by atoms with E-state index in [1.807, 2.05) is 12.1 Å². The first-order valence-corrected chi connectivity index (χ1v) is 17.9. The fourth-order valence-corrected chi connectivity index (χ4v) is 11.9. The van der Waals surface area contributed by atoms with E-state index in [0.29, 0.717) is 42.9 Å². The number of ether oxygens (including phenoxy) is 3. The van der Waals surface area contributed by atoms with E-state index < -0.39 is 34.2 Å². The third-order valence-electron chi connectivity index (χ3n) is 14.3. The zero-order valence-corrected chi connectivity index (χ0v) is 28.9. The van der Waals surface area contributed by atoms with Gasteiger partial charge in [-0.1, -0.05) is 12.1 Å². The standard InChI is InChI=1S/C20H23NO4.C18H21NO4.ClH/c22-13-4-3-12-9-15-20(24)6-5-14(23)18-19(20,16(12)17(13)25-18)7-8-21(15)10-11-1-2-11;1-19-8-7-17-14-10-3-4-12(22-2)15(14)23-16(17)11(20)5-6-18(17,21)13(19)9-10;/h3-4,11,15,18,22,24H,1-2,5-10H2;3-4,13,16,21H,5-9H2,1-2H3;1H/t15-,18+,19+,20-;13-,16+,17+,18-;/m11./s1. The number of carbonyl (C=O) groups excluding carboxylic acids is 2. The lowest BCUT2D eigenvalue weighted by Crippen LogP contribution is -2.76. The third-order valence-corrected chi connectivity index (χ3v) is 14.3. The third kappa shape index (κ3) is 3.72. The van der Waals surface area contributed by atoms with Gasteiger partial charge in [-0.15, -0.1) is 12.4 Å². The number of piperidine rings is 2. The molecule has 0 amide bonds. The van der Waals surface area contributed by atoms with Gasteiger partial charge < -0.3 is 34.4 Å². The van der Waals surface area contributed by atoms with Crippen molar-refractivity contribution in [2.24, 2.45) is 5.92 Å². The van der Waals surface area contributed by atoms with Gasteiger partial charge in [-0.2, -0.15) is 0 Å². The van der Waals surface area contributed by atoms with Crippen LogP contribution in [0, 0.1) is 5.92 Å². The van der Waals surface area contributed by atoms with Crippen LogP contribution in [0.2, 0.25) is 0 Å². The first kappa shape index (κ1) is 32.0. The molecular formula is C38H45ClN2O8. The average Bonchev–Trinajstić information content (AvgIpc) is 3.70. The Morgan fingerprint density at radius 2 is 1.39 bits per heavy atom. The van der Waals surface area contributed by atoms with E-state index in [-0.39, 0.29) is 41.8 Å². The second kappa shape index (κ2) is 10.3. The number of hydrogen-bond donors (Lipinski definition) is 3. The maximum atomic E-state index is 12.7. The van der Waals surface area contributed by atoms with Crippen LogP contribution in [0.1, 0.15) is 73.6 Å². The van der Waals surface area contributed by atoms with Gasteiger partial charge in [0, 0.05) is 42.6 Å². The second-order valence-electron chi connectivity index (χ2n) is 16.2. The molecule has 4 aliphatic heterocycles. The molecule has 2 saturated heterocycles. The molecule has 0 aromatic heterocycles. The minimum atomic E-state index is -0.940. The number of nitrogens with zero attached hydrogens (tertiary/aromatic N) is 2. The molecular weight excluding hydrogens is 648 g/mol. The fourth-order valence-electron chi connectivity index (χ4n) is 11.9. The van der Waals surface area contributed by atoms with Crippen LogP contribution >= 0.6 is 12.4 Å². The van der Waals surface area contributed by atoms with E-state index >= 15 is 0 Å². The number of halogens is 1. The van der Waals surface area contributed by atoms with Crippen LogP contribution in [0.15, 0.2) is 24.3 Å². The van der Waals surface area contributed by atoms with E-state index in [2.05, 4.69) is 22.9 Å². The molecule has 3 saturated carbocycles. The molecule has 262 valence electrons. The molecule has 2 aromatic carbocycles. The summed E-state index contributed by atoms with van der Waals surface area (Å²) in [5.41, 5.74) is 1.19. The maximum absolute atomic E-state index is 12.7. The van der Waals surface area contributed by atoms with Gasteiger partial charge in [-0.25, -0.2) is 0 Å². The highest BCUT2D eigenvalue weighted by Crippen LogP contribution is 2.66. The Balaban J connectivity index is 0.000000130. The second-order valence-corrected chi connectivity index (χ2v) is 16.2. The molecule has 5 aliphatic carbocycles. The molecule has 0 unspecified atom stereocenters. The van der Waals surface area contributed by atoms with Crippen molar-refractivity contribution in [1.29, 1.82) is 0 Å². The van der Waals surface area contributed by atoms with Crippen LogP contribution in [0.3, 0.4) is 0 Å². The number of ketones is 2. The Bertz CT molecular complexity index is 1800. The van der Waals surface area contributed by atoms with Crippen LogP contribution < -0.4 is 14.2 Å². The topological polar surface area (TPSA) is 129 Å². The van der Waals surface area contributed by atoms with Crippen molar-refractivity contribution in [1.82, 2.24) is 9.80 Å². The summed E-state index contributed by atoms with van der Waals surface area (Å²) in [4.78, 5) is 30.1. The normalized spacial score (nSPS) is 40.2. The lowest BCUT2D eigenvalue weighted by atomic mass is 9.49. The summed E-state index contributed by atoms with van der Waals surface area (Å²) in [6.45, 7) is 2.82. The molecule has 9 aliphatic rings.